The Morgan fingerprint density at radius 2 is 1.79 bits per heavy atom. The molecule has 1 aliphatic heterocycles. The molecule has 1 fully saturated rings. The molecule has 0 saturated heterocycles. The smallest absolute Gasteiger partial charge is 0.276 e. The van der Waals surface area contributed by atoms with Crippen molar-refractivity contribution >= 4 is 23.4 Å². The summed E-state index contributed by atoms with van der Waals surface area (Å²) in [4.78, 5) is 41.6. The highest BCUT2D eigenvalue weighted by Crippen LogP contribution is 2.29. The predicted octanol–water partition coefficient (Wildman–Crippen LogP) is 3.83. The molecule has 0 bridgehead atoms. The summed E-state index contributed by atoms with van der Waals surface area (Å²) < 4.78 is 1.52. The third kappa shape index (κ3) is 4.72. The van der Waals surface area contributed by atoms with Crippen LogP contribution >= 0.6 is 0 Å². The summed E-state index contributed by atoms with van der Waals surface area (Å²) >= 11 is 0. The van der Waals surface area contributed by atoms with Crippen LogP contribution in [0.25, 0.3) is 0 Å². The number of benzene rings is 1. The Morgan fingerprint density at radius 1 is 1.12 bits per heavy atom. The number of anilines is 1. The lowest BCUT2D eigenvalue weighted by molar-refractivity contribution is -0.133. The van der Waals surface area contributed by atoms with Crippen LogP contribution in [0.5, 0.6) is 0 Å². The highest BCUT2D eigenvalue weighted by Gasteiger charge is 2.48. The van der Waals surface area contributed by atoms with Crippen LogP contribution in [-0.4, -0.2) is 50.5 Å². The van der Waals surface area contributed by atoms with Crippen molar-refractivity contribution in [2.24, 2.45) is 0 Å². The van der Waals surface area contributed by atoms with Crippen LogP contribution in [0.3, 0.4) is 0 Å². The standard InChI is InChI=1S/C26H35N5O3/c1-5-6-11-30-24(33)22-15-21(23(32)27-20-13-17(2)12-18(3)14-20)29-31(22)16-26(30,4)25(34)28-19-9-7-8-10-19/h12-15,19H,5-11,16H2,1-4H3,(H,27,32)(H,28,34)/t26-/m0/s1. The third-order valence-corrected chi connectivity index (χ3v) is 6.92. The quantitative estimate of drug-likeness (QED) is 0.650. The lowest BCUT2D eigenvalue weighted by Gasteiger charge is -2.43. The number of unbranched alkanes of at least 4 members (excludes halogenated alkanes) is 1. The Hall–Kier alpha value is -3.16. The molecule has 8 heteroatoms. The van der Waals surface area contributed by atoms with Crippen molar-refractivity contribution < 1.29 is 14.4 Å². The van der Waals surface area contributed by atoms with E-state index < -0.39 is 5.54 Å². The van der Waals surface area contributed by atoms with E-state index >= 15 is 0 Å². The van der Waals surface area contributed by atoms with Crippen molar-refractivity contribution in [3.05, 3.63) is 46.8 Å². The first-order chi connectivity index (χ1) is 16.2. The van der Waals surface area contributed by atoms with Crippen molar-refractivity contribution in [1.29, 1.82) is 0 Å². The molecule has 1 aromatic heterocycles. The normalized spacial score (nSPS) is 20.4. The van der Waals surface area contributed by atoms with Gasteiger partial charge in [0.25, 0.3) is 11.8 Å². The maximum Gasteiger partial charge on any atom is 0.276 e. The van der Waals surface area contributed by atoms with Gasteiger partial charge >= 0.3 is 0 Å². The van der Waals surface area contributed by atoms with Gasteiger partial charge < -0.3 is 15.5 Å². The number of carbonyl (C=O) groups is 3. The van der Waals surface area contributed by atoms with Gasteiger partial charge in [-0.1, -0.05) is 32.3 Å². The fourth-order valence-corrected chi connectivity index (χ4v) is 5.07. The molecular weight excluding hydrogens is 430 g/mol. The zero-order valence-corrected chi connectivity index (χ0v) is 20.6. The van der Waals surface area contributed by atoms with Gasteiger partial charge in [0.2, 0.25) is 5.91 Å². The van der Waals surface area contributed by atoms with Gasteiger partial charge in [0, 0.05) is 24.3 Å². The van der Waals surface area contributed by atoms with Crippen LogP contribution in [0.2, 0.25) is 0 Å². The molecule has 1 aromatic carbocycles. The Bertz CT molecular complexity index is 1080. The number of carbonyl (C=O) groups excluding carboxylic acids is 3. The van der Waals surface area contributed by atoms with E-state index in [1.807, 2.05) is 39.0 Å². The van der Waals surface area contributed by atoms with Crippen LogP contribution in [0.15, 0.2) is 24.3 Å². The lowest BCUT2D eigenvalue weighted by Crippen LogP contribution is -2.65. The minimum absolute atomic E-state index is 0.147. The number of hydrogen-bond donors (Lipinski definition) is 2. The second kappa shape index (κ2) is 9.60. The van der Waals surface area contributed by atoms with Crippen LogP contribution in [0.4, 0.5) is 5.69 Å². The molecule has 1 aliphatic carbocycles. The average Bonchev–Trinajstić information content (AvgIpc) is 3.42. The Kier molecular flexibility index (Phi) is 6.77. The topological polar surface area (TPSA) is 96.3 Å². The molecule has 8 nitrogen and oxygen atoms in total. The summed E-state index contributed by atoms with van der Waals surface area (Å²) in [5, 5.41) is 10.5. The molecule has 1 atom stereocenters. The number of fused-ring (bicyclic) bond motifs is 1. The minimum atomic E-state index is -1.06. The number of amides is 3. The van der Waals surface area contributed by atoms with Gasteiger partial charge in [0.05, 0.1) is 6.54 Å². The molecule has 2 aliphatic rings. The molecule has 1 saturated carbocycles. The van der Waals surface area contributed by atoms with Crippen molar-refractivity contribution in [3.8, 4) is 0 Å². The molecule has 0 unspecified atom stereocenters. The Morgan fingerprint density at radius 3 is 2.44 bits per heavy atom. The average molecular weight is 466 g/mol. The van der Waals surface area contributed by atoms with Gasteiger partial charge in [-0.2, -0.15) is 5.10 Å². The number of nitrogens with one attached hydrogen (secondary N) is 2. The molecule has 2 heterocycles. The van der Waals surface area contributed by atoms with Gasteiger partial charge in [-0.05, 0) is 63.3 Å². The van der Waals surface area contributed by atoms with E-state index in [2.05, 4.69) is 22.7 Å². The van der Waals surface area contributed by atoms with E-state index in [4.69, 9.17) is 0 Å². The predicted molar refractivity (Wildman–Crippen MR) is 131 cm³/mol. The number of aromatic nitrogens is 2. The van der Waals surface area contributed by atoms with E-state index in [1.165, 1.54) is 10.7 Å². The Balaban J connectivity index is 1.60. The highest BCUT2D eigenvalue weighted by molar-refractivity contribution is 6.06. The molecule has 4 rings (SSSR count). The first kappa shape index (κ1) is 24.0. The van der Waals surface area contributed by atoms with E-state index in [-0.39, 0.29) is 36.0 Å². The van der Waals surface area contributed by atoms with E-state index in [9.17, 15) is 14.4 Å². The fourth-order valence-electron chi connectivity index (χ4n) is 5.07. The summed E-state index contributed by atoms with van der Waals surface area (Å²) in [5.74, 6) is -0.787. The Labute approximate surface area is 201 Å². The van der Waals surface area contributed by atoms with Crippen molar-refractivity contribution in [2.45, 2.75) is 84.3 Å². The number of hydrogen-bond acceptors (Lipinski definition) is 4. The zero-order chi connectivity index (χ0) is 24.5. The highest BCUT2D eigenvalue weighted by atomic mass is 16.2. The van der Waals surface area contributed by atoms with Crippen LogP contribution in [-0.2, 0) is 11.3 Å². The summed E-state index contributed by atoms with van der Waals surface area (Å²) in [6, 6.07) is 7.51. The molecule has 2 aromatic rings. The fraction of sp³-hybridized carbons (Fsp3) is 0.538. The van der Waals surface area contributed by atoms with Crippen molar-refractivity contribution in [3.63, 3.8) is 0 Å². The monoisotopic (exact) mass is 465 g/mol. The molecule has 34 heavy (non-hydrogen) atoms. The van der Waals surface area contributed by atoms with Crippen LogP contribution in [0.1, 0.15) is 84.5 Å². The number of nitrogens with zero attached hydrogens (tertiary/aromatic N) is 3. The summed E-state index contributed by atoms with van der Waals surface area (Å²) in [6.07, 6.45) is 5.88. The van der Waals surface area contributed by atoms with Crippen molar-refractivity contribution in [2.75, 3.05) is 11.9 Å². The van der Waals surface area contributed by atoms with E-state index in [0.29, 0.717) is 17.9 Å². The minimum Gasteiger partial charge on any atom is -0.351 e. The van der Waals surface area contributed by atoms with E-state index in [0.717, 1.165) is 49.7 Å². The molecule has 0 spiro atoms. The molecule has 182 valence electrons. The lowest BCUT2D eigenvalue weighted by atomic mass is 9.94. The summed E-state index contributed by atoms with van der Waals surface area (Å²) in [7, 11) is 0. The largest absolute Gasteiger partial charge is 0.351 e. The van der Waals surface area contributed by atoms with Gasteiger partial charge in [-0.3, -0.25) is 19.1 Å². The molecule has 0 radical (unpaired) electrons. The first-order valence-corrected chi connectivity index (χ1v) is 12.3. The summed E-state index contributed by atoms with van der Waals surface area (Å²) in [5.41, 5.74) is 2.22. The molecular formula is C26H35N5O3. The number of rotatable bonds is 7. The molecule has 2 N–H and O–H groups in total. The second-order valence-electron chi connectivity index (χ2n) is 9.94. The van der Waals surface area contributed by atoms with Gasteiger partial charge in [-0.25, -0.2) is 0 Å². The third-order valence-electron chi connectivity index (χ3n) is 6.92. The van der Waals surface area contributed by atoms with Crippen molar-refractivity contribution in [1.82, 2.24) is 20.0 Å². The second-order valence-corrected chi connectivity index (χ2v) is 9.94. The first-order valence-electron chi connectivity index (χ1n) is 12.3. The van der Waals surface area contributed by atoms with E-state index in [1.54, 1.807) is 4.90 Å². The van der Waals surface area contributed by atoms with Gasteiger partial charge in [-0.15, -0.1) is 0 Å². The SMILES string of the molecule is CCCCN1C(=O)c2cc(C(=O)Nc3cc(C)cc(C)c3)nn2C[C@@]1(C)C(=O)NC1CCCC1. The maximum atomic E-state index is 13.5. The van der Waals surface area contributed by atoms with Crippen LogP contribution < -0.4 is 10.6 Å². The van der Waals surface area contributed by atoms with Gasteiger partial charge in [0.1, 0.15) is 11.2 Å². The zero-order valence-electron chi connectivity index (χ0n) is 20.6. The molecule has 3 amide bonds. The van der Waals surface area contributed by atoms with Gasteiger partial charge in [0.15, 0.2) is 5.69 Å². The number of aryl methyl sites for hydroxylation is 2. The van der Waals surface area contributed by atoms with Crippen LogP contribution in [0, 0.1) is 13.8 Å². The maximum absolute atomic E-state index is 13.5. The summed E-state index contributed by atoms with van der Waals surface area (Å²) in [6.45, 7) is 8.51.